The predicted octanol–water partition coefficient (Wildman–Crippen LogP) is 8.82. The molecule has 272 valence electrons. The van der Waals surface area contributed by atoms with E-state index in [2.05, 4.69) is 31.7 Å². The van der Waals surface area contributed by atoms with Crippen LogP contribution in [0.25, 0.3) is 11.1 Å². The molecular formula is C37H50F2N4O5SSi. The Hall–Kier alpha value is -3.42. The van der Waals surface area contributed by atoms with Crippen molar-refractivity contribution >= 4 is 35.7 Å². The third-order valence-corrected chi connectivity index (χ3v) is 13.2. The summed E-state index contributed by atoms with van der Waals surface area (Å²) in [6.45, 7) is 13.0. The molecule has 1 amide bonds. The molecular weight excluding hydrogens is 679 g/mol. The molecule has 1 saturated carbocycles. The van der Waals surface area contributed by atoms with Gasteiger partial charge in [-0.25, -0.2) is 21.5 Å². The third kappa shape index (κ3) is 7.89. The number of rotatable bonds is 15. The predicted molar refractivity (Wildman–Crippen MR) is 195 cm³/mol. The molecule has 3 aromatic rings. The minimum Gasteiger partial charge on any atom is -0.360 e. The smallest absolute Gasteiger partial charge is 0.271 e. The number of amidine groups is 1. The number of amides is 1. The second-order valence-electron chi connectivity index (χ2n) is 14.9. The van der Waals surface area contributed by atoms with E-state index in [9.17, 15) is 13.2 Å². The van der Waals surface area contributed by atoms with Crippen LogP contribution in [0.1, 0.15) is 81.2 Å². The normalized spacial score (nSPS) is 16.5. The van der Waals surface area contributed by atoms with E-state index < -0.39 is 29.6 Å². The molecule has 0 bridgehead atoms. The van der Waals surface area contributed by atoms with Crippen LogP contribution in [0.4, 0.5) is 14.7 Å². The standard InChI is InChI=1S/C37H50F2N4O5SSi/c1-8-9-16-33-40-37(19-12-13-20-37)35(44)42(33)24-28-17-18-29(31(23-28)36(4,38)39)30-14-10-11-15-32(30)49(45,46)43(25-47-21-22-50(5,6)7)34-26(2)27(3)41-48-34/h10-11,14-15,17-18,23H,8-9,12-13,16,19-22,24-25H2,1-7H3. The zero-order valence-corrected chi connectivity index (χ0v) is 32.1. The number of benzene rings is 2. The lowest BCUT2D eigenvalue weighted by molar-refractivity contribution is -0.131. The molecule has 0 saturated heterocycles. The summed E-state index contributed by atoms with van der Waals surface area (Å²) in [5, 5.41) is 3.98. The molecule has 9 nitrogen and oxygen atoms in total. The van der Waals surface area contributed by atoms with Gasteiger partial charge in [-0.2, -0.15) is 0 Å². The number of halogens is 2. The summed E-state index contributed by atoms with van der Waals surface area (Å²) in [6.07, 6.45) is 5.73. The van der Waals surface area contributed by atoms with Gasteiger partial charge in [0.25, 0.3) is 21.9 Å². The van der Waals surface area contributed by atoms with Gasteiger partial charge in [-0.15, -0.1) is 0 Å². The van der Waals surface area contributed by atoms with Crippen molar-refractivity contribution < 1.29 is 31.3 Å². The van der Waals surface area contributed by atoms with E-state index in [0.29, 0.717) is 48.5 Å². The van der Waals surface area contributed by atoms with Gasteiger partial charge in [0.1, 0.15) is 18.1 Å². The first kappa shape index (κ1) is 37.8. The highest BCUT2D eigenvalue weighted by atomic mass is 32.2. The lowest BCUT2D eigenvalue weighted by atomic mass is 9.93. The Morgan fingerprint density at radius 2 is 1.78 bits per heavy atom. The number of anilines is 1. The van der Waals surface area contributed by atoms with Gasteiger partial charge in [0.15, 0.2) is 0 Å². The number of ether oxygens (including phenoxy) is 1. The zero-order chi connectivity index (χ0) is 36.5. The van der Waals surface area contributed by atoms with Crippen molar-refractivity contribution in [2.24, 2.45) is 4.99 Å². The molecule has 1 aliphatic carbocycles. The number of aliphatic imine (C=N–C) groups is 1. The molecule has 2 heterocycles. The molecule has 1 aliphatic heterocycles. The van der Waals surface area contributed by atoms with Gasteiger partial charge in [-0.3, -0.25) is 14.7 Å². The first-order valence-electron chi connectivity index (χ1n) is 17.5. The van der Waals surface area contributed by atoms with E-state index in [0.717, 1.165) is 43.0 Å². The average Bonchev–Trinajstić information content (AvgIpc) is 3.73. The summed E-state index contributed by atoms with van der Waals surface area (Å²) in [5.74, 6) is -2.66. The summed E-state index contributed by atoms with van der Waals surface area (Å²) >= 11 is 0. The van der Waals surface area contributed by atoms with E-state index in [1.165, 1.54) is 24.3 Å². The summed E-state index contributed by atoms with van der Waals surface area (Å²) in [7, 11) is -5.88. The number of carbonyl (C=O) groups is 1. The number of hydrogen-bond acceptors (Lipinski definition) is 7. The summed E-state index contributed by atoms with van der Waals surface area (Å²) in [4.78, 5) is 20.2. The Balaban J connectivity index is 1.53. The molecule has 1 fully saturated rings. The van der Waals surface area contributed by atoms with Crippen LogP contribution >= 0.6 is 0 Å². The number of aryl methyl sites for hydroxylation is 1. The third-order valence-electron chi connectivity index (χ3n) is 9.69. The largest absolute Gasteiger partial charge is 0.360 e. The van der Waals surface area contributed by atoms with E-state index in [1.54, 1.807) is 36.9 Å². The van der Waals surface area contributed by atoms with Crippen LogP contribution in [0.3, 0.4) is 0 Å². The molecule has 2 aromatic carbocycles. The fourth-order valence-corrected chi connectivity index (χ4v) is 8.90. The van der Waals surface area contributed by atoms with Crippen molar-refractivity contribution in [3.63, 3.8) is 0 Å². The Morgan fingerprint density at radius 1 is 1.08 bits per heavy atom. The van der Waals surface area contributed by atoms with Crippen LogP contribution in [-0.2, 0) is 32.0 Å². The monoisotopic (exact) mass is 728 g/mol. The summed E-state index contributed by atoms with van der Waals surface area (Å²) in [5.41, 5.74) is 0.688. The van der Waals surface area contributed by atoms with Crippen LogP contribution < -0.4 is 4.31 Å². The maximum atomic E-state index is 15.6. The Morgan fingerprint density at radius 3 is 2.40 bits per heavy atom. The van der Waals surface area contributed by atoms with Crippen LogP contribution in [0.15, 0.2) is 56.9 Å². The van der Waals surface area contributed by atoms with E-state index in [1.807, 2.05) is 0 Å². The summed E-state index contributed by atoms with van der Waals surface area (Å²) in [6, 6.07) is 11.6. The van der Waals surface area contributed by atoms with Gasteiger partial charge < -0.3 is 9.26 Å². The minimum absolute atomic E-state index is 0.0116. The molecule has 50 heavy (non-hydrogen) atoms. The number of hydrogen-bond donors (Lipinski definition) is 0. The first-order valence-corrected chi connectivity index (χ1v) is 22.7. The highest BCUT2D eigenvalue weighted by molar-refractivity contribution is 7.93. The highest BCUT2D eigenvalue weighted by Crippen LogP contribution is 2.43. The second kappa shape index (κ2) is 14.7. The SMILES string of the molecule is CCCCC1=NC2(CCCC2)C(=O)N1Cc1ccc(-c2ccccc2S(=O)(=O)N(COCC[Si](C)(C)C)c2onc(C)c2C)c(C(C)(F)F)c1. The molecule has 13 heteroatoms. The van der Waals surface area contributed by atoms with Gasteiger partial charge in [0.05, 0.1) is 17.1 Å². The highest BCUT2D eigenvalue weighted by Gasteiger charge is 2.49. The molecule has 2 aliphatic rings. The van der Waals surface area contributed by atoms with Crippen LogP contribution in [0.2, 0.25) is 25.7 Å². The maximum absolute atomic E-state index is 15.6. The fourth-order valence-electron chi connectivity index (χ4n) is 6.60. The zero-order valence-electron chi connectivity index (χ0n) is 30.3. The quantitative estimate of drug-likeness (QED) is 0.0880. The molecule has 0 radical (unpaired) electrons. The van der Waals surface area contributed by atoms with Gasteiger partial charge in [-0.1, -0.05) is 81.3 Å². The molecule has 5 rings (SSSR count). The van der Waals surface area contributed by atoms with Crippen LogP contribution in [0.5, 0.6) is 0 Å². The molecule has 1 aromatic heterocycles. The molecule has 0 N–H and O–H groups in total. The minimum atomic E-state index is -4.41. The van der Waals surface area contributed by atoms with Crippen molar-refractivity contribution in [1.29, 1.82) is 0 Å². The van der Waals surface area contributed by atoms with E-state index in [-0.39, 0.29) is 46.7 Å². The second-order valence-corrected chi connectivity index (χ2v) is 22.4. The Bertz CT molecular complexity index is 1840. The van der Waals surface area contributed by atoms with Crippen LogP contribution in [-0.4, -0.2) is 57.2 Å². The van der Waals surface area contributed by atoms with Gasteiger partial charge in [0, 0.05) is 44.7 Å². The van der Waals surface area contributed by atoms with Gasteiger partial charge >= 0.3 is 0 Å². The van der Waals surface area contributed by atoms with Crippen molar-refractivity contribution in [1.82, 2.24) is 10.1 Å². The van der Waals surface area contributed by atoms with Gasteiger partial charge in [0.2, 0.25) is 5.88 Å². The van der Waals surface area contributed by atoms with Crippen LogP contribution in [0, 0.1) is 13.8 Å². The summed E-state index contributed by atoms with van der Waals surface area (Å²) < 4.78 is 72.6. The van der Waals surface area contributed by atoms with Gasteiger partial charge in [-0.05, 0) is 62.4 Å². The van der Waals surface area contributed by atoms with Crippen molar-refractivity contribution in [2.75, 3.05) is 17.6 Å². The number of sulfonamides is 1. The molecule has 0 atom stereocenters. The maximum Gasteiger partial charge on any atom is 0.271 e. The van der Waals surface area contributed by atoms with Crippen molar-refractivity contribution in [3.8, 4) is 11.1 Å². The Kier molecular flexibility index (Phi) is 11.1. The topological polar surface area (TPSA) is 105 Å². The number of nitrogens with zero attached hydrogens (tertiary/aromatic N) is 4. The van der Waals surface area contributed by atoms with E-state index >= 15 is 8.78 Å². The first-order chi connectivity index (χ1) is 23.5. The average molecular weight is 729 g/mol. The molecule has 0 unspecified atom stereocenters. The number of alkyl halides is 2. The van der Waals surface area contributed by atoms with E-state index in [4.69, 9.17) is 14.3 Å². The Labute approximate surface area is 296 Å². The molecule has 1 spiro atoms. The van der Waals surface area contributed by atoms with Crippen molar-refractivity contribution in [2.45, 2.75) is 121 Å². The number of unbranched alkanes of at least 4 members (excludes halogenated alkanes) is 1. The lowest BCUT2D eigenvalue weighted by Gasteiger charge is -2.26. The fraction of sp³-hybridized carbons (Fsp3) is 0.541. The lowest BCUT2D eigenvalue weighted by Crippen LogP contribution is -2.40. The number of aromatic nitrogens is 1. The number of carbonyl (C=O) groups excluding carboxylic acids is 1. The van der Waals surface area contributed by atoms with Crippen molar-refractivity contribution in [3.05, 3.63) is 64.8 Å².